The van der Waals surface area contributed by atoms with Gasteiger partial charge in [-0.2, -0.15) is 0 Å². The molecule has 0 bridgehead atoms. The summed E-state index contributed by atoms with van der Waals surface area (Å²) in [7, 11) is 0.708. The van der Waals surface area contributed by atoms with Crippen LogP contribution in [0.3, 0.4) is 0 Å². The van der Waals surface area contributed by atoms with Gasteiger partial charge >= 0.3 is 0 Å². The normalized spacial score (nSPS) is 12.4. The van der Waals surface area contributed by atoms with Crippen LogP contribution in [0.5, 0.6) is 0 Å². The lowest BCUT2D eigenvalue weighted by Gasteiger charge is -2.21. The summed E-state index contributed by atoms with van der Waals surface area (Å²) in [5, 5.41) is 3.96. The van der Waals surface area contributed by atoms with Crippen molar-refractivity contribution < 1.29 is 8.96 Å². The molecule has 3 rings (SSSR count). The van der Waals surface area contributed by atoms with Gasteiger partial charge in [-0.1, -0.05) is 64.7 Å². The number of benzene rings is 2. The molecule has 0 atom stereocenters. The molecule has 0 aliphatic rings. The lowest BCUT2D eigenvalue weighted by atomic mass is 9.86. The fourth-order valence-corrected chi connectivity index (χ4v) is 5.49. The van der Waals surface area contributed by atoms with Crippen molar-refractivity contribution in [1.82, 2.24) is 0 Å². The summed E-state index contributed by atoms with van der Waals surface area (Å²) < 4.78 is 17.5. The van der Waals surface area contributed by atoms with E-state index < -0.39 is 8.07 Å². The van der Waals surface area contributed by atoms with Crippen LogP contribution < -0.4 is 9.75 Å². The average molecular weight is 409 g/mol. The third-order valence-corrected chi connectivity index (χ3v) is 8.10. The Balaban J connectivity index is 2.40. The average Bonchev–Trinajstić information content (AvgIpc) is 2.61. The van der Waals surface area contributed by atoms with Gasteiger partial charge in [-0.05, 0) is 53.0 Å². The summed E-state index contributed by atoms with van der Waals surface area (Å²) in [6.07, 6.45) is 2.14. The van der Waals surface area contributed by atoms with Gasteiger partial charge in [-0.15, -0.1) is 0 Å². The number of nitrogens with zero attached hydrogens (tertiary/aromatic N) is 1. The number of fused-ring (bicyclic) bond motifs is 1. The Hall–Kier alpha value is -2.00. The Labute approximate surface area is 176 Å². The summed E-state index contributed by atoms with van der Waals surface area (Å²) in [6, 6.07) is 11.2. The van der Waals surface area contributed by atoms with Crippen molar-refractivity contribution in [2.75, 3.05) is 0 Å². The van der Waals surface area contributed by atoms with Gasteiger partial charge in [-0.25, -0.2) is 8.96 Å². The summed E-state index contributed by atoms with van der Waals surface area (Å²) in [5.74, 6) is 0.261. The number of hydrogen-bond donors (Lipinski definition) is 0. The van der Waals surface area contributed by atoms with Gasteiger partial charge in [-0.3, -0.25) is 0 Å². The molecular formula is C26H35FNSi+. The van der Waals surface area contributed by atoms with Gasteiger partial charge in [0.15, 0.2) is 6.20 Å². The molecule has 0 fully saturated rings. The molecule has 0 saturated heterocycles. The Morgan fingerprint density at radius 2 is 1.59 bits per heavy atom. The fourth-order valence-electron chi connectivity index (χ4n) is 4.32. The Morgan fingerprint density at radius 1 is 0.931 bits per heavy atom. The maximum atomic E-state index is 15.3. The van der Waals surface area contributed by atoms with Crippen LogP contribution in [0.15, 0.2) is 36.5 Å². The van der Waals surface area contributed by atoms with E-state index in [4.69, 9.17) is 0 Å². The molecule has 154 valence electrons. The molecule has 2 aromatic carbocycles. The molecule has 1 aromatic heterocycles. The Kier molecular flexibility index (Phi) is 5.75. The van der Waals surface area contributed by atoms with E-state index in [0.29, 0.717) is 0 Å². The minimum atomic E-state index is -1.38. The van der Waals surface area contributed by atoms with Crippen molar-refractivity contribution >= 4 is 24.0 Å². The van der Waals surface area contributed by atoms with Gasteiger partial charge in [0.25, 0.3) is 0 Å². The van der Waals surface area contributed by atoms with Crippen LogP contribution in [0, 0.1) is 12.7 Å². The van der Waals surface area contributed by atoms with Gasteiger partial charge < -0.3 is 0 Å². The van der Waals surface area contributed by atoms with E-state index in [-0.39, 0.29) is 17.7 Å². The summed E-state index contributed by atoms with van der Waals surface area (Å²) >= 11 is 0. The number of pyridine rings is 1. The zero-order valence-corrected chi connectivity index (χ0v) is 20.4. The summed E-state index contributed by atoms with van der Waals surface area (Å²) in [4.78, 5) is 0. The van der Waals surface area contributed by atoms with Gasteiger partial charge in [0.2, 0.25) is 5.69 Å². The van der Waals surface area contributed by atoms with E-state index in [1.54, 1.807) is 0 Å². The van der Waals surface area contributed by atoms with Crippen molar-refractivity contribution in [2.45, 2.75) is 66.1 Å². The van der Waals surface area contributed by atoms with E-state index in [9.17, 15) is 0 Å². The van der Waals surface area contributed by atoms with Crippen molar-refractivity contribution in [2.24, 2.45) is 7.05 Å². The zero-order chi connectivity index (χ0) is 21.7. The van der Waals surface area contributed by atoms with Crippen LogP contribution in [-0.2, 0) is 7.05 Å². The van der Waals surface area contributed by atoms with Crippen molar-refractivity contribution in [3.8, 4) is 11.3 Å². The Bertz CT molecular complexity index is 1070. The lowest BCUT2D eigenvalue weighted by molar-refractivity contribution is -0.659. The number of aryl methyl sites for hydroxylation is 1. The third kappa shape index (κ3) is 3.89. The molecule has 0 amide bonds. The van der Waals surface area contributed by atoms with Gasteiger partial charge in [0.05, 0.1) is 19.0 Å². The lowest BCUT2D eigenvalue weighted by Crippen LogP contribution is -2.37. The van der Waals surface area contributed by atoms with Crippen LogP contribution in [0.4, 0.5) is 4.39 Å². The van der Waals surface area contributed by atoms with Crippen LogP contribution in [0.2, 0.25) is 19.6 Å². The molecule has 0 saturated carbocycles. The molecule has 3 heteroatoms. The minimum Gasteiger partial charge on any atom is -0.206 e. The summed E-state index contributed by atoms with van der Waals surface area (Å²) in [5.41, 5.74) is 5.03. The molecule has 0 radical (unpaired) electrons. The van der Waals surface area contributed by atoms with E-state index in [1.165, 1.54) is 21.7 Å². The summed E-state index contributed by atoms with van der Waals surface area (Å²) in [6.45, 7) is 17.5. The minimum absolute atomic E-state index is 0.0276. The van der Waals surface area contributed by atoms with E-state index >= 15 is 4.39 Å². The maximum Gasteiger partial charge on any atom is 0.220 e. The molecule has 29 heavy (non-hydrogen) atoms. The highest BCUT2D eigenvalue weighted by Crippen LogP contribution is 2.37. The topological polar surface area (TPSA) is 3.88 Å². The number of halogens is 1. The number of rotatable bonds is 4. The first-order valence-electron chi connectivity index (χ1n) is 10.7. The first-order valence-corrected chi connectivity index (χ1v) is 14.2. The molecule has 1 heterocycles. The van der Waals surface area contributed by atoms with Gasteiger partial charge in [0.1, 0.15) is 12.9 Å². The maximum absolute atomic E-state index is 15.3. The third-order valence-electron chi connectivity index (χ3n) is 6.06. The molecule has 3 aromatic rings. The van der Waals surface area contributed by atoms with Crippen molar-refractivity contribution in [1.29, 1.82) is 0 Å². The van der Waals surface area contributed by atoms with Gasteiger partial charge in [0, 0.05) is 6.07 Å². The van der Waals surface area contributed by atoms with Crippen LogP contribution in [0.1, 0.15) is 56.2 Å². The van der Waals surface area contributed by atoms with Crippen LogP contribution in [0.25, 0.3) is 22.0 Å². The van der Waals surface area contributed by atoms with Crippen molar-refractivity contribution in [3.63, 3.8) is 0 Å². The fraction of sp³-hybridized carbons (Fsp3) is 0.423. The van der Waals surface area contributed by atoms with E-state index in [0.717, 1.165) is 22.3 Å². The van der Waals surface area contributed by atoms with Crippen molar-refractivity contribution in [3.05, 3.63) is 59.0 Å². The standard InChI is InChI=1S/C26H35FNSi/c1-16(2)22-15-23(18(5)24(17(3)4)25(22)27)26-21-11-10-20(29(7,8)9)14-19(21)12-13-28(26)6/h10-17H,1-9H3/q+1. The zero-order valence-electron chi connectivity index (χ0n) is 19.4. The van der Waals surface area contributed by atoms with Crippen LogP contribution >= 0.6 is 0 Å². The first-order chi connectivity index (χ1) is 13.4. The van der Waals surface area contributed by atoms with E-state index in [1.807, 2.05) is 0 Å². The molecule has 0 aliphatic heterocycles. The predicted octanol–water partition coefficient (Wildman–Crippen LogP) is 6.57. The smallest absolute Gasteiger partial charge is 0.206 e. The first kappa shape index (κ1) is 21.7. The molecule has 0 aliphatic carbocycles. The second kappa shape index (κ2) is 7.68. The quantitative estimate of drug-likeness (QED) is 0.339. The molecule has 0 spiro atoms. The SMILES string of the molecule is Cc1c(-c2c3ccc([Si](C)(C)C)cc3cc[n+]2C)cc(C(C)C)c(F)c1C(C)C. The van der Waals surface area contributed by atoms with E-state index in [2.05, 4.69) is 102 Å². The molecule has 0 N–H and O–H groups in total. The van der Waals surface area contributed by atoms with Crippen LogP contribution in [-0.4, -0.2) is 8.07 Å². The highest BCUT2D eigenvalue weighted by atomic mass is 28.3. The molecule has 1 nitrogen and oxygen atoms in total. The predicted molar refractivity (Wildman–Crippen MR) is 126 cm³/mol. The largest absolute Gasteiger partial charge is 0.220 e. The monoisotopic (exact) mass is 408 g/mol. The highest BCUT2D eigenvalue weighted by molar-refractivity contribution is 6.88. The highest BCUT2D eigenvalue weighted by Gasteiger charge is 2.26. The molecule has 0 unspecified atom stereocenters. The second-order valence-corrected chi connectivity index (χ2v) is 15.1. The molecular weight excluding hydrogens is 373 g/mol. The second-order valence-electron chi connectivity index (χ2n) is 10.0. The number of hydrogen-bond acceptors (Lipinski definition) is 0. The number of aromatic nitrogens is 1. The Morgan fingerprint density at radius 3 is 2.14 bits per heavy atom.